The van der Waals surface area contributed by atoms with Crippen LogP contribution in [-0.4, -0.2) is 46.5 Å². The molecule has 6 nitrogen and oxygen atoms in total. The van der Waals surface area contributed by atoms with Crippen molar-refractivity contribution in [3.8, 4) is 11.5 Å². The number of aliphatic imine (C=N–C) groups is 1. The molecule has 2 N–H and O–H groups in total. The number of hydrogen-bond donors (Lipinski definition) is 2. The molecule has 0 heterocycles. The van der Waals surface area contributed by atoms with E-state index in [1.165, 1.54) is 13.2 Å². The molecule has 0 aliphatic heterocycles. The molecular weight excluding hydrogens is 435 g/mol. The number of alkyl halides is 2. The van der Waals surface area contributed by atoms with Crippen molar-refractivity contribution in [1.29, 1.82) is 0 Å². The first-order chi connectivity index (χ1) is 11.1. The third-order valence-electron chi connectivity index (χ3n) is 2.87. The third kappa shape index (κ3) is 8.48. The van der Waals surface area contributed by atoms with Crippen LogP contribution in [0.3, 0.4) is 0 Å². The molecule has 0 saturated heterocycles. The van der Waals surface area contributed by atoms with Gasteiger partial charge in [-0.15, -0.1) is 24.0 Å². The highest BCUT2D eigenvalue weighted by atomic mass is 127. The van der Waals surface area contributed by atoms with Gasteiger partial charge < -0.3 is 24.8 Å². The van der Waals surface area contributed by atoms with Crippen molar-refractivity contribution in [2.24, 2.45) is 4.99 Å². The lowest BCUT2D eigenvalue weighted by Gasteiger charge is -2.14. The Bertz CT molecular complexity index is 505. The van der Waals surface area contributed by atoms with Gasteiger partial charge in [-0.2, -0.15) is 8.78 Å². The van der Waals surface area contributed by atoms with Crippen LogP contribution in [0.4, 0.5) is 8.78 Å². The van der Waals surface area contributed by atoms with Crippen LogP contribution in [0.5, 0.6) is 11.5 Å². The quantitative estimate of drug-likeness (QED) is 0.257. The van der Waals surface area contributed by atoms with Gasteiger partial charge in [0.1, 0.15) is 0 Å². The summed E-state index contributed by atoms with van der Waals surface area (Å²) >= 11 is 0. The van der Waals surface area contributed by atoms with Crippen molar-refractivity contribution in [3.05, 3.63) is 23.8 Å². The maximum atomic E-state index is 12.4. The number of ether oxygens (including phenoxy) is 3. The van der Waals surface area contributed by atoms with Gasteiger partial charge in [0.25, 0.3) is 0 Å². The average molecular weight is 459 g/mol. The van der Waals surface area contributed by atoms with Gasteiger partial charge in [-0.25, -0.2) is 0 Å². The topological polar surface area (TPSA) is 64.1 Å². The molecule has 0 aliphatic rings. The van der Waals surface area contributed by atoms with Crippen molar-refractivity contribution in [2.45, 2.75) is 20.1 Å². The van der Waals surface area contributed by atoms with Crippen LogP contribution in [0.15, 0.2) is 23.2 Å². The minimum atomic E-state index is -2.90. The number of halogens is 3. The first-order valence-corrected chi connectivity index (χ1v) is 7.24. The second-order valence-electron chi connectivity index (χ2n) is 4.41. The summed E-state index contributed by atoms with van der Waals surface area (Å²) in [5.74, 6) is 0.853. The van der Waals surface area contributed by atoms with E-state index in [0.717, 1.165) is 5.56 Å². The molecule has 0 atom stereocenters. The zero-order valence-corrected chi connectivity index (χ0v) is 16.3. The van der Waals surface area contributed by atoms with Crippen LogP contribution < -0.4 is 20.1 Å². The number of nitrogens with zero attached hydrogens (tertiary/aromatic N) is 1. The fraction of sp³-hybridized carbons (Fsp3) is 0.533. The van der Waals surface area contributed by atoms with Crippen LogP contribution in [0.2, 0.25) is 0 Å². The van der Waals surface area contributed by atoms with Gasteiger partial charge in [-0.3, -0.25) is 4.99 Å². The second kappa shape index (κ2) is 13.0. The van der Waals surface area contributed by atoms with Crippen LogP contribution in [0.1, 0.15) is 12.5 Å². The molecule has 0 amide bonds. The molecule has 0 unspecified atom stereocenters. The lowest BCUT2D eigenvalue weighted by Crippen LogP contribution is -2.38. The number of guanidine groups is 1. The number of hydrogen-bond acceptors (Lipinski definition) is 4. The van der Waals surface area contributed by atoms with Crippen LogP contribution in [-0.2, 0) is 11.3 Å². The van der Waals surface area contributed by atoms with Gasteiger partial charge in [0.05, 0.1) is 13.7 Å². The molecule has 0 spiro atoms. The lowest BCUT2D eigenvalue weighted by atomic mass is 10.2. The Morgan fingerprint density at radius 2 is 2.00 bits per heavy atom. The zero-order valence-electron chi connectivity index (χ0n) is 14.0. The number of rotatable bonds is 9. The second-order valence-corrected chi connectivity index (χ2v) is 4.41. The first kappa shape index (κ1) is 22.6. The molecule has 1 rings (SSSR count). The SMILES string of the molecule is CCOCCNC(=NC)NCc1ccc(OC)c(OC(F)F)c1.I. The van der Waals surface area contributed by atoms with Crippen LogP contribution >= 0.6 is 24.0 Å². The van der Waals surface area contributed by atoms with Gasteiger partial charge in [0, 0.05) is 26.7 Å². The summed E-state index contributed by atoms with van der Waals surface area (Å²) in [5.41, 5.74) is 0.759. The maximum Gasteiger partial charge on any atom is 0.387 e. The molecular formula is C15H24F2IN3O3. The Morgan fingerprint density at radius 3 is 2.58 bits per heavy atom. The predicted molar refractivity (Wildman–Crippen MR) is 99.7 cm³/mol. The summed E-state index contributed by atoms with van der Waals surface area (Å²) in [7, 11) is 3.05. The summed E-state index contributed by atoms with van der Waals surface area (Å²) in [6, 6.07) is 4.85. The molecule has 9 heteroatoms. The van der Waals surface area contributed by atoms with Gasteiger partial charge in [-0.1, -0.05) is 6.07 Å². The minimum Gasteiger partial charge on any atom is -0.493 e. The Morgan fingerprint density at radius 1 is 1.25 bits per heavy atom. The summed E-state index contributed by atoms with van der Waals surface area (Å²) in [6.45, 7) is 1.28. The van der Waals surface area contributed by atoms with Gasteiger partial charge >= 0.3 is 6.61 Å². The summed E-state index contributed by atoms with van der Waals surface area (Å²) in [5, 5.41) is 6.16. The Balaban J connectivity index is 0.00000529. The van der Waals surface area contributed by atoms with Crippen LogP contribution in [0.25, 0.3) is 0 Å². The monoisotopic (exact) mass is 459 g/mol. The van der Waals surface area contributed by atoms with E-state index in [-0.39, 0.29) is 35.5 Å². The Hall–Kier alpha value is -1.36. The van der Waals surface area contributed by atoms with E-state index >= 15 is 0 Å². The van der Waals surface area contributed by atoms with E-state index in [2.05, 4.69) is 20.4 Å². The van der Waals surface area contributed by atoms with Crippen molar-refractivity contribution in [2.75, 3.05) is 33.9 Å². The minimum absolute atomic E-state index is 0. The van der Waals surface area contributed by atoms with Crippen molar-refractivity contribution < 1.29 is 23.0 Å². The summed E-state index contributed by atoms with van der Waals surface area (Å²) in [4.78, 5) is 4.07. The van der Waals surface area contributed by atoms with E-state index in [4.69, 9.17) is 9.47 Å². The molecule has 1 aromatic carbocycles. The number of methoxy groups -OCH3 is 1. The number of benzene rings is 1. The molecule has 1 aromatic rings. The summed E-state index contributed by atoms with van der Waals surface area (Å²) in [6.07, 6.45) is 0. The Kier molecular flexibility index (Phi) is 12.3. The standard InChI is InChI=1S/C15H23F2N3O3.HI/c1-4-22-8-7-19-15(18-2)20-10-11-5-6-12(21-3)13(9-11)23-14(16)17;/h5-6,9,14H,4,7-8,10H2,1-3H3,(H2,18,19,20);1H. The molecule has 0 aromatic heterocycles. The van der Waals surface area contributed by atoms with Crippen molar-refractivity contribution >= 4 is 29.9 Å². The molecule has 0 bridgehead atoms. The lowest BCUT2D eigenvalue weighted by molar-refractivity contribution is -0.0512. The highest BCUT2D eigenvalue weighted by molar-refractivity contribution is 14.0. The molecule has 0 fully saturated rings. The largest absolute Gasteiger partial charge is 0.493 e. The average Bonchev–Trinajstić information content (AvgIpc) is 2.54. The highest BCUT2D eigenvalue weighted by Gasteiger charge is 2.11. The van der Waals surface area contributed by atoms with Gasteiger partial charge in [0.2, 0.25) is 0 Å². The van der Waals surface area contributed by atoms with E-state index in [1.807, 2.05) is 6.92 Å². The van der Waals surface area contributed by atoms with E-state index in [9.17, 15) is 8.78 Å². The van der Waals surface area contributed by atoms with Gasteiger partial charge in [-0.05, 0) is 24.6 Å². The Labute approximate surface area is 158 Å². The van der Waals surface area contributed by atoms with E-state index in [0.29, 0.717) is 32.3 Å². The summed E-state index contributed by atoms with van der Waals surface area (Å²) < 4.78 is 39.5. The third-order valence-corrected chi connectivity index (χ3v) is 2.87. The van der Waals surface area contributed by atoms with Gasteiger partial charge in [0.15, 0.2) is 17.5 Å². The van der Waals surface area contributed by atoms with Crippen LogP contribution in [0, 0.1) is 0 Å². The fourth-order valence-electron chi connectivity index (χ4n) is 1.81. The number of nitrogens with one attached hydrogen (secondary N) is 2. The highest BCUT2D eigenvalue weighted by Crippen LogP contribution is 2.29. The molecule has 138 valence electrons. The smallest absolute Gasteiger partial charge is 0.387 e. The molecule has 0 aliphatic carbocycles. The molecule has 24 heavy (non-hydrogen) atoms. The fourth-order valence-corrected chi connectivity index (χ4v) is 1.81. The normalized spacial score (nSPS) is 11.0. The molecule has 0 saturated carbocycles. The predicted octanol–water partition coefficient (Wildman–Crippen LogP) is 2.62. The van der Waals surface area contributed by atoms with Crippen molar-refractivity contribution in [1.82, 2.24) is 10.6 Å². The van der Waals surface area contributed by atoms with E-state index in [1.54, 1.807) is 19.2 Å². The molecule has 0 radical (unpaired) electrons. The first-order valence-electron chi connectivity index (χ1n) is 7.24. The van der Waals surface area contributed by atoms with E-state index < -0.39 is 6.61 Å². The van der Waals surface area contributed by atoms with Crippen molar-refractivity contribution in [3.63, 3.8) is 0 Å². The zero-order chi connectivity index (χ0) is 17.1. The maximum absolute atomic E-state index is 12.4.